The van der Waals surface area contributed by atoms with Crippen molar-refractivity contribution in [1.29, 1.82) is 0 Å². The molecule has 2 bridgehead atoms. The second-order valence-corrected chi connectivity index (χ2v) is 6.25. The molecule has 0 aromatic carbocycles. The van der Waals surface area contributed by atoms with Gasteiger partial charge in [0.05, 0.1) is 18.2 Å². The van der Waals surface area contributed by atoms with Gasteiger partial charge in [0.25, 0.3) is 0 Å². The number of carbonyl (C=O) groups excluding carboxylic acids is 2. The maximum atomic E-state index is 12.3. The van der Waals surface area contributed by atoms with Crippen LogP contribution in [0.4, 0.5) is 4.79 Å². The van der Waals surface area contributed by atoms with Crippen LogP contribution in [0.15, 0.2) is 11.6 Å². The zero-order chi connectivity index (χ0) is 14.9. The van der Waals surface area contributed by atoms with Gasteiger partial charge < -0.3 is 9.47 Å². The van der Waals surface area contributed by atoms with Gasteiger partial charge in [-0.1, -0.05) is 6.08 Å². The summed E-state index contributed by atoms with van der Waals surface area (Å²) in [5, 5.41) is 0. The Balaban J connectivity index is 2.14. The molecule has 0 N–H and O–H groups in total. The lowest BCUT2D eigenvalue weighted by molar-refractivity contribution is -0.139. The number of ether oxygens (including phenoxy) is 2. The zero-order valence-electron chi connectivity index (χ0n) is 12.6. The van der Waals surface area contributed by atoms with E-state index in [0.29, 0.717) is 18.6 Å². The fourth-order valence-electron chi connectivity index (χ4n) is 2.84. The minimum absolute atomic E-state index is 0.146. The van der Waals surface area contributed by atoms with E-state index in [1.54, 1.807) is 11.8 Å². The molecule has 2 heterocycles. The van der Waals surface area contributed by atoms with Gasteiger partial charge in [0.2, 0.25) is 0 Å². The van der Waals surface area contributed by atoms with Gasteiger partial charge in [-0.2, -0.15) is 0 Å². The lowest BCUT2D eigenvalue weighted by Gasteiger charge is -2.35. The predicted molar refractivity (Wildman–Crippen MR) is 74.2 cm³/mol. The maximum Gasteiger partial charge on any atom is 0.411 e. The number of nitrogens with zero attached hydrogens (tertiary/aromatic N) is 1. The highest BCUT2D eigenvalue weighted by Crippen LogP contribution is 2.37. The summed E-state index contributed by atoms with van der Waals surface area (Å²) >= 11 is 0. The first kappa shape index (κ1) is 14.9. The van der Waals surface area contributed by atoms with Crippen LogP contribution in [0.5, 0.6) is 0 Å². The van der Waals surface area contributed by atoms with Crippen molar-refractivity contribution in [2.45, 2.75) is 64.6 Å². The topological polar surface area (TPSA) is 55.8 Å². The van der Waals surface area contributed by atoms with Crippen LogP contribution in [0.3, 0.4) is 0 Å². The van der Waals surface area contributed by atoms with Crippen molar-refractivity contribution in [3.05, 3.63) is 11.6 Å². The van der Waals surface area contributed by atoms with E-state index in [0.717, 1.165) is 12.8 Å². The van der Waals surface area contributed by atoms with E-state index in [-0.39, 0.29) is 24.1 Å². The predicted octanol–water partition coefficient (Wildman–Crippen LogP) is 2.65. The second kappa shape index (κ2) is 5.46. The van der Waals surface area contributed by atoms with Crippen LogP contribution in [-0.4, -0.2) is 41.3 Å². The molecule has 2 aliphatic heterocycles. The first-order valence-corrected chi connectivity index (χ1v) is 7.22. The minimum atomic E-state index is -0.526. The molecule has 20 heavy (non-hydrogen) atoms. The second-order valence-electron chi connectivity index (χ2n) is 6.25. The molecule has 2 unspecified atom stereocenters. The highest BCUT2D eigenvalue weighted by molar-refractivity contribution is 5.91. The summed E-state index contributed by atoms with van der Waals surface area (Å²) in [6, 6.07) is -0.0457. The summed E-state index contributed by atoms with van der Waals surface area (Å²) in [6.45, 7) is 7.67. The molecule has 1 fully saturated rings. The summed E-state index contributed by atoms with van der Waals surface area (Å²) in [7, 11) is 0. The average Bonchev–Trinajstić information content (AvgIpc) is 2.62. The van der Waals surface area contributed by atoms with Crippen molar-refractivity contribution in [2.75, 3.05) is 6.61 Å². The molecule has 5 nitrogen and oxygen atoms in total. The van der Waals surface area contributed by atoms with Crippen LogP contribution in [0.2, 0.25) is 0 Å². The number of esters is 1. The maximum absolute atomic E-state index is 12.3. The molecule has 2 atom stereocenters. The lowest BCUT2D eigenvalue weighted by atomic mass is 10.0. The van der Waals surface area contributed by atoms with Gasteiger partial charge in [-0.05, 0) is 47.0 Å². The third-order valence-corrected chi connectivity index (χ3v) is 3.59. The number of fused-ring (bicyclic) bond motifs is 2. The molecule has 0 aromatic rings. The smallest absolute Gasteiger partial charge is 0.411 e. The molecular weight excluding hydrogens is 258 g/mol. The van der Waals surface area contributed by atoms with E-state index in [1.165, 1.54) is 0 Å². The molecule has 1 amide bonds. The Kier molecular flexibility index (Phi) is 4.06. The van der Waals surface area contributed by atoms with Gasteiger partial charge in [-0.25, -0.2) is 9.59 Å². The van der Waals surface area contributed by atoms with E-state index in [2.05, 4.69) is 0 Å². The summed E-state index contributed by atoms with van der Waals surface area (Å²) in [4.78, 5) is 26.0. The first-order chi connectivity index (χ1) is 9.33. The third-order valence-electron chi connectivity index (χ3n) is 3.59. The minimum Gasteiger partial charge on any atom is -0.463 e. The summed E-state index contributed by atoms with van der Waals surface area (Å²) in [6.07, 6.45) is 3.99. The Morgan fingerprint density at radius 1 is 1.35 bits per heavy atom. The Hall–Kier alpha value is -1.52. The molecule has 0 aliphatic carbocycles. The Labute approximate surface area is 119 Å². The number of hydrogen-bond donors (Lipinski definition) is 0. The van der Waals surface area contributed by atoms with Crippen LogP contribution in [0.1, 0.15) is 47.0 Å². The largest absolute Gasteiger partial charge is 0.463 e. The molecule has 5 heteroatoms. The van der Waals surface area contributed by atoms with Crippen LogP contribution in [-0.2, 0) is 14.3 Å². The fourth-order valence-corrected chi connectivity index (χ4v) is 2.84. The molecule has 2 aliphatic rings. The lowest BCUT2D eigenvalue weighted by Crippen LogP contribution is -2.47. The summed E-state index contributed by atoms with van der Waals surface area (Å²) in [5.74, 6) is -0.314. The van der Waals surface area contributed by atoms with Gasteiger partial charge in [0.1, 0.15) is 5.60 Å². The van der Waals surface area contributed by atoms with Crippen molar-refractivity contribution < 1.29 is 19.1 Å². The van der Waals surface area contributed by atoms with Crippen molar-refractivity contribution in [3.8, 4) is 0 Å². The van der Waals surface area contributed by atoms with E-state index < -0.39 is 5.60 Å². The SMILES string of the molecule is CCOC(=O)C1=CCC2CCC1N2C(=O)OC(C)(C)C. The van der Waals surface area contributed by atoms with Gasteiger partial charge in [-0.3, -0.25) is 4.90 Å². The van der Waals surface area contributed by atoms with Gasteiger partial charge in [-0.15, -0.1) is 0 Å². The van der Waals surface area contributed by atoms with Gasteiger partial charge >= 0.3 is 12.1 Å². The fraction of sp³-hybridized carbons (Fsp3) is 0.733. The Bertz CT molecular complexity index is 436. The van der Waals surface area contributed by atoms with Gasteiger partial charge in [0, 0.05) is 6.04 Å². The van der Waals surface area contributed by atoms with Crippen molar-refractivity contribution in [3.63, 3.8) is 0 Å². The highest BCUT2D eigenvalue weighted by atomic mass is 16.6. The number of carbonyl (C=O) groups is 2. The third kappa shape index (κ3) is 2.97. The summed E-state index contributed by atoms with van der Waals surface area (Å²) in [5.41, 5.74) is 0.0772. The standard InChI is InChI=1S/C15H23NO4/c1-5-19-13(17)11-8-6-10-7-9-12(11)16(10)14(18)20-15(2,3)4/h8,10,12H,5-7,9H2,1-4H3. The van der Waals surface area contributed by atoms with Crippen LogP contribution in [0.25, 0.3) is 0 Å². The average molecular weight is 281 g/mol. The molecule has 0 saturated carbocycles. The van der Waals surface area contributed by atoms with E-state index >= 15 is 0 Å². The molecule has 0 spiro atoms. The highest BCUT2D eigenvalue weighted by Gasteiger charge is 2.45. The van der Waals surface area contributed by atoms with Crippen molar-refractivity contribution in [1.82, 2.24) is 4.90 Å². The van der Waals surface area contributed by atoms with Crippen LogP contribution >= 0.6 is 0 Å². The molecule has 1 saturated heterocycles. The number of hydrogen-bond acceptors (Lipinski definition) is 4. The number of rotatable bonds is 2. The van der Waals surface area contributed by atoms with E-state index in [4.69, 9.17) is 9.47 Å². The first-order valence-electron chi connectivity index (χ1n) is 7.22. The van der Waals surface area contributed by atoms with E-state index in [1.807, 2.05) is 26.8 Å². The van der Waals surface area contributed by atoms with Crippen LogP contribution in [0, 0.1) is 0 Å². The molecule has 0 aromatic heterocycles. The normalized spacial score (nSPS) is 25.2. The molecular formula is C15H23NO4. The molecule has 112 valence electrons. The van der Waals surface area contributed by atoms with Crippen molar-refractivity contribution >= 4 is 12.1 Å². The molecule has 2 rings (SSSR count). The number of amides is 1. The Morgan fingerprint density at radius 3 is 2.65 bits per heavy atom. The monoisotopic (exact) mass is 281 g/mol. The van der Waals surface area contributed by atoms with Crippen LogP contribution < -0.4 is 0 Å². The zero-order valence-corrected chi connectivity index (χ0v) is 12.6. The Morgan fingerprint density at radius 2 is 2.05 bits per heavy atom. The van der Waals surface area contributed by atoms with Gasteiger partial charge in [0.15, 0.2) is 0 Å². The molecule has 0 radical (unpaired) electrons. The summed E-state index contributed by atoms with van der Waals surface area (Å²) < 4.78 is 10.5. The van der Waals surface area contributed by atoms with Crippen molar-refractivity contribution in [2.24, 2.45) is 0 Å². The van der Waals surface area contributed by atoms with E-state index in [9.17, 15) is 9.59 Å². The quantitative estimate of drug-likeness (QED) is 0.730.